The first kappa shape index (κ1) is 14.2. The highest BCUT2D eigenvalue weighted by molar-refractivity contribution is 7.09. The molecule has 1 saturated carbocycles. The van der Waals surface area contributed by atoms with Gasteiger partial charge in [-0.1, -0.05) is 6.07 Å². The molecule has 0 bridgehead atoms. The molecule has 1 aliphatic carbocycles. The minimum Gasteiger partial charge on any atom is -0.397 e. The fourth-order valence-electron chi connectivity index (χ4n) is 2.57. The van der Waals surface area contributed by atoms with Crippen LogP contribution in [0.5, 0.6) is 0 Å². The normalized spacial score (nSPS) is 14.6. The number of hydrogen-bond donors (Lipinski definition) is 1. The van der Waals surface area contributed by atoms with Crippen LogP contribution in [-0.4, -0.2) is 21.4 Å². The standard InChI is InChI=1S/C16H21N3OS/c1-11(2)18-9-12(17)8-15(18)16(20)19(13-5-6-13)10-14-4-3-7-21-14/h3-4,7-9,11,13H,5-6,10,17H2,1-2H3. The summed E-state index contributed by atoms with van der Waals surface area (Å²) in [5.41, 5.74) is 7.25. The molecule has 1 amide bonds. The quantitative estimate of drug-likeness (QED) is 0.919. The number of nitrogens with zero attached hydrogens (tertiary/aromatic N) is 2. The Bertz CT molecular complexity index is 626. The third-order valence-electron chi connectivity index (χ3n) is 3.80. The van der Waals surface area contributed by atoms with Gasteiger partial charge < -0.3 is 15.2 Å². The van der Waals surface area contributed by atoms with Gasteiger partial charge in [0, 0.05) is 23.2 Å². The number of carbonyl (C=O) groups is 1. The molecule has 21 heavy (non-hydrogen) atoms. The predicted molar refractivity (Wildman–Crippen MR) is 86.4 cm³/mol. The summed E-state index contributed by atoms with van der Waals surface area (Å²) in [5, 5.41) is 2.06. The van der Waals surface area contributed by atoms with Crippen LogP contribution in [-0.2, 0) is 6.54 Å². The van der Waals surface area contributed by atoms with Crippen molar-refractivity contribution < 1.29 is 4.79 Å². The molecule has 0 unspecified atom stereocenters. The maximum Gasteiger partial charge on any atom is 0.271 e. The molecule has 0 radical (unpaired) electrons. The number of carbonyl (C=O) groups excluding carboxylic acids is 1. The van der Waals surface area contributed by atoms with Crippen molar-refractivity contribution in [3.63, 3.8) is 0 Å². The van der Waals surface area contributed by atoms with Crippen LogP contribution >= 0.6 is 11.3 Å². The van der Waals surface area contributed by atoms with Crippen LogP contribution in [0.2, 0.25) is 0 Å². The Morgan fingerprint density at radius 3 is 2.86 bits per heavy atom. The Morgan fingerprint density at radius 2 is 2.29 bits per heavy atom. The number of anilines is 1. The van der Waals surface area contributed by atoms with Gasteiger partial charge in [0.1, 0.15) is 5.69 Å². The van der Waals surface area contributed by atoms with E-state index in [1.54, 1.807) is 17.4 Å². The zero-order valence-corrected chi connectivity index (χ0v) is 13.3. The maximum atomic E-state index is 12.9. The van der Waals surface area contributed by atoms with Crippen LogP contribution in [0.15, 0.2) is 29.8 Å². The molecule has 0 atom stereocenters. The molecule has 2 aromatic rings. The van der Waals surface area contributed by atoms with Crippen molar-refractivity contribution >= 4 is 22.9 Å². The maximum absolute atomic E-state index is 12.9. The van der Waals surface area contributed by atoms with Gasteiger partial charge in [0.05, 0.1) is 12.2 Å². The number of nitrogens with two attached hydrogens (primary N) is 1. The van der Waals surface area contributed by atoms with Gasteiger partial charge in [-0.2, -0.15) is 0 Å². The van der Waals surface area contributed by atoms with Gasteiger partial charge >= 0.3 is 0 Å². The van der Waals surface area contributed by atoms with E-state index in [0.717, 1.165) is 12.8 Å². The SMILES string of the molecule is CC(C)n1cc(N)cc1C(=O)N(Cc1cccs1)C1CC1. The summed E-state index contributed by atoms with van der Waals surface area (Å²) >= 11 is 1.70. The topological polar surface area (TPSA) is 51.3 Å². The first-order chi connectivity index (χ1) is 10.1. The Balaban J connectivity index is 1.87. The molecule has 2 aromatic heterocycles. The van der Waals surface area contributed by atoms with Gasteiger partial charge in [-0.05, 0) is 44.2 Å². The monoisotopic (exact) mass is 303 g/mol. The summed E-state index contributed by atoms with van der Waals surface area (Å²) in [6.07, 6.45) is 4.07. The first-order valence-electron chi connectivity index (χ1n) is 7.37. The molecule has 3 rings (SSSR count). The largest absolute Gasteiger partial charge is 0.397 e. The average molecular weight is 303 g/mol. The van der Waals surface area contributed by atoms with Gasteiger partial charge in [0.25, 0.3) is 5.91 Å². The molecular formula is C16H21N3OS. The van der Waals surface area contributed by atoms with Crippen LogP contribution in [0.25, 0.3) is 0 Å². The number of aromatic nitrogens is 1. The van der Waals surface area contributed by atoms with E-state index in [1.807, 2.05) is 21.7 Å². The smallest absolute Gasteiger partial charge is 0.271 e. The highest BCUT2D eigenvalue weighted by Gasteiger charge is 2.34. The van der Waals surface area contributed by atoms with E-state index in [9.17, 15) is 4.79 Å². The Labute approximate surface area is 129 Å². The third kappa shape index (κ3) is 2.97. The fraction of sp³-hybridized carbons (Fsp3) is 0.438. The van der Waals surface area contributed by atoms with Crippen molar-refractivity contribution in [1.29, 1.82) is 0 Å². The summed E-state index contributed by atoms with van der Waals surface area (Å²) in [7, 11) is 0. The van der Waals surface area contributed by atoms with Crippen LogP contribution in [0.3, 0.4) is 0 Å². The Morgan fingerprint density at radius 1 is 1.52 bits per heavy atom. The predicted octanol–water partition coefficient (Wildman–Crippen LogP) is 3.52. The number of nitrogen functional groups attached to an aromatic ring is 1. The van der Waals surface area contributed by atoms with E-state index in [2.05, 4.69) is 25.3 Å². The second-order valence-corrected chi connectivity index (χ2v) is 6.94. The Hall–Kier alpha value is -1.75. The van der Waals surface area contributed by atoms with E-state index in [0.29, 0.717) is 24.0 Å². The average Bonchev–Trinajstić information content (AvgIpc) is 2.99. The molecule has 4 nitrogen and oxygen atoms in total. The van der Waals surface area contributed by atoms with Crippen molar-refractivity contribution in [2.75, 3.05) is 5.73 Å². The molecule has 0 aliphatic heterocycles. The van der Waals surface area contributed by atoms with Gasteiger partial charge in [0.15, 0.2) is 0 Å². The van der Waals surface area contributed by atoms with Crippen LogP contribution in [0, 0.1) is 0 Å². The van der Waals surface area contributed by atoms with Gasteiger partial charge in [-0.25, -0.2) is 0 Å². The van der Waals surface area contributed by atoms with Crippen LogP contribution in [0.1, 0.15) is 48.1 Å². The molecule has 0 aromatic carbocycles. The zero-order chi connectivity index (χ0) is 15.0. The fourth-order valence-corrected chi connectivity index (χ4v) is 3.27. The lowest BCUT2D eigenvalue weighted by Crippen LogP contribution is -2.34. The Kier molecular flexibility index (Phi) is 3.76. The van der Waals surface area contributed by atoms with Crippen molar-refractivity contribution in [3.05, 3.63) is 40.3 Å². The van der Waals surface area contributed by atoms with Gasteiger partial charge in [-0.3, -0.25) is 4.79 Å². The lowest BCUT2D eigenvalue weighted by atomic mass is 10.3. The summed E-state index contributed by atoms with van der Waals surface area (Å²) in [6, 6.07) is 6.53. The number of hydrogen-bond acceptors (Lipinski definition) is 3. The van der Waals surface area contributed by atoms with Crippen molar-refractivity contribution in [2.45, 2.75) is 45.3 Å². The number of thiophene rings is 1. The summed E-state index contributed by atoms with van der Waals surface area (Å²) in [6.45, 7) is 4.83. The highest BCUT2D eigenvalue weighted by atomic mass is 32.1. The molecule has 1 fully saturated rings. The third-order valence-corrected chi connectivity index (χ3v) is 4.66. The molecule has 112 valence electrons. The minimum absolute atomic E-state index is 0.0938. The number of rotatable bonds is 5. The first-order valence-corrected chi connectivity index (χ1v) is 8.25. The summed E-state index contributed by atoms with van der Waals surface area (Å²) < 4.78 is 1.97. The molecule has 5 heteroatoms. The molecular weight excluding hydrogens is 282 g/mol. The minimum atomic E-state index is 0.0938. The summed E-state index contributed by atoms with van der Waals surface area (Å²) in [4.78, 5) is 16.2. The van der Waals surface area contributed by atoms with Crippen molar-refractivity contribution in [2.24, 2.45) is 0 Å². The highest BCUT2D eigenvalue weighted by Crippen LogP contribution is 2.31. The lowest BCUT2D eigenvalue weighted by molar-refractivity contribution is 0.0719. The van der Waals surface area contributed by atoms with Crippen molar-refractivity contribution in [3.8, 4) is 0 Å². The second-order valence-electron chi connectivity index (χ2n) is 5.90. The van der Waals surface area contributed by atoms with Crippen LogP contribution in [0.4, 0.5) is 5.69 Å². The second kappa shape index (κ2) is 5.56. The van der Waals surface area contributed by atoms with E-state index >= 15 is 0 Å². The van der Waals surface area contributed by atoms with E-state index in [-0.39, 0.29) is 11.9 Å². The number of amides is 1. The molecule has 0 saturated heterocycles. The molecule has 2 N–H and O–H groups in total. The molecule has 0 spiro atoms. The van der Waals surface area contributed by atoms with Gasteiger partial charge in [-0.15, -0.1) is 11.3 Å². The zero-order valence-electron chi connectivity index (χ0n) is 12.5. The molecule has 1 aliphatic rings. The summed E-state index contributed by atoms with van der Waals surface area (Å²) in [5.74, 6) is 0.0938. The van der Waals surface area contributed by atoms with Crippen LogP contribution < -0.4 is 5.73 Å². The van der Waals surface area contributed by atoms with Crippen molar-refractivity contribution in [1.82, 2.24) is 9.47 Å². The van der Waals surface area contributed by atoms with E-state index in [1.165, 1.54) is 4.88 Å². The van der Waals surface area contributed by atoms with E-state index < -0.39 is 0 Å². The molecule has 2 heterocycles. The lowest BCUT2D eigenvalue weighted by Gasteiger charge is -2.23. The van der Waals surface area contributed by atoms with E-state index in [4.69, 9.17) is 5.73 Å². The van der Waals surface area contributed by atoms with Gasteiger partial charge in [0.2, 0.25) is 0 Å².